The third-order valence-electron chi connectivity index (χ3n) is 5.27. The molecule has 2 heterocycles. The molecule has 7 nitrogen and oxygen atoms in total. The number of nitrogens with zero attached hydrogens (tertiary/aromatic N) is 1. The molecule has 1 aromatic heterocycles. The summed E-state index contributed by atoms with van der Waals surface area (Å²) in [6, 6.07) is 3.42. The number of aromatic nitrogens is 1. The zero-order valence-corrected chi connectivity index (χ0v) is 14.7. The predicted molar refractivity (Wildman–Crippen MR) is 103 cm³/mol. The first-order valence-electron chi connectivity index (χ1n) is 8.82. The Kier molecular flexibility index (Phi) is 4.05. The van der Waals surface area contributed by atoms with Crippen molar-refractivity contribution in [2.75, 3.05) is 13.1 Å². The summed E-state index contributed by atoms with van der Waals surface area (Å²) < 4.78 is 0. The van der Waals surface area contributed by atoms with Crippen molar-refractivity contribution in [3.8, 4) is 5.75 Å². The number of rotatable bonds is 5. The van der Waals surface area contributed by atoms with E-state index in [0.29, 0.717) is 42.8 Å². The highest BCUT2D eigenvalue weighted by atomic mass is 16.3. The van der Waals surface area contributed by atoms with Gasteiger partial charge in [-0.05, 0) is 55.3 Å². The fourth-order valence-corrected chi connectivity index (χ4v) is 4.10. The van der Waals surface area contributed by atoms with Gasteiger partial charge >= 0.3 is 0 Å². The Bertz CT molecular complexity index is 1060. The van der Waals surface area contributed by atoms with Crippen LogP contribution in [0.2, 0.25) is 0 Å². The molecule has 4 rings (SSSR count). The van der Waals surface area contributed by atoms with Crippen molar-refractivity contribution in [1.82, 2.24) is 4.98 Å². The number of allylic oxidation sites excluding steroid dienone is 3. The molecule has 0 bridgehead atoms. The molecule has 0 spiro atoms. The molecule has 0 radical (unpaired) electrons. The van der Waals surface area contributed by atoms with Crippen molar-refractivity contribution < 1.29 is 14.7 Å². The molecular formula is C20H20N4O3. The first kappa shape index (κ1) is 17.4. The van der Waals surface area contributed by atoms with Gasteiger partial charge in [0.25, 0.3) is 0 Å². The Morgan fingerprint density at radius 2 is 1.89 bits per heavy atom. The molecule has 1 unspecified atom stereocenters. The number of aliphatic imine (C=N–C) groups is 1. The van der Waals surface area contributed by atoms with E-state index in [9.17, 15) is 14.7 Å². The van der Waals surface area contributed by atoms with Gasteiger partial charge in [0, 0.05) is 35.0 Å². The second kappa shape index (κ2) is 6.29. The molecule has 0 amide bonds. The van der Waals surface area contributed by atoms with E-state index in [1.54, 1.807) is 18.3 Å². The zero-order chi connectivity index (χ0) is 19.2. The number of nitrogens with one attached hydrogen (secondary N) is 1. The number of aromatic amines is 1. The highest BCUT2D eigenvalue weighted by Crippen LogP contribution is 2.49. The molecule has 7 heteroatoms. The minimum absolute atomic E-state index is 0.0896. The first-order valence-corrected chi connectivity index (χ1v) is 8.82. The number of nitrogens with two attached hydrogens (primary N) is 2. The molecule has 27 heavy (non-hydrogen) atoms. The van der Waals surface area contributed by atoms with Crippen LogP contribution in [0.1, 0.15) is 17.5 Å². The molecule has 1 aliphatic heterocycles. The van der Waals surface area contributed by atoms with Gasteiger partial charge in [-0.25, -0.2) is 0 Å². The van der Waals surface area contributed by atoms with Gasteiger partial charge in [-0.1, -0.05) is 0 Å². The van der Waals surface area contributed by atoms with Crippen LogP contribution in [0.25, 0.3) is 10.9 Å². The lowest BCUT2D eigenvalue weighted by Gasteiger charge is -2.31. The highest BCUT2D eigenvalue weighted by molar-refractivity contribution is 6.47. The molecule has 2 aliphatic rings. The van der Waals surface area contributed by atoms with Crippen LogP contribution >= 0.6 is 0 Å². The number of ketones is 2. The minimum Gasteiger partial charge on any atom is -0.508 e. The number of carbonyl (C=O) groups is 2. The van der Waals surface area contributed by atoms with Crippen LogP contribution in [0.4, 0.5) is 0 Å². The van der Waals surface area contributed by atoms with Gasteiger partial charge in [-0.15, -0.1) is 0 Å². The monoisotopic (exact) mass is 364 g/mol. The third-order valence-corrected chi connectivity index (χ3v) is 5.27. The number of fused-ring (bicyclic) bond motifs is 2. The number of hydrogen-bond acceptors (Lipinski definition) is 6. The van der Waals surface area contributed by atoms with E-state index in [4.69, 9.17) is 11.5 Å². The van der Waals surface area contributed by atoms with Crippen molar-refractivity contribution in [2.45, 2.75) is 18.3 Å². The smallest absolute Gasteiger partial charge is 0.227 e. The number of carbonyl (C=O) groups excluding carboxylic acids is 2. The number of aromatic hydroxyl groups is 1. The molecule has 0 saturated heterocycles. The van der Waals surface area contributed by atoms with E-state index in [0.717, 1.165) is 16.5 Å². The predicted octanol–water partition coefficient (Wildman–Crippen LogP) is 1.01. The Hall–Kier alpha value is -3.03. The van der Waals surface area contributed by atoms with Crippen molar-refractivity contribution in [3.05, 3.63) is 52.9 Å². The maximum atomic E-state index is 12.1. The van der Waals surface area contributed by atoms with E-state index in [1.165, 1.54) is 12.2 Å². The summed E-state index contributed by atoms with van der Waals surface area (Å²) in [6.45, 7) is 0.770. The van der Waals surface area contributed by atoms with Crippen molar-refractivity contribution in [2.24, 2.45) is 16.5 Å². The van der Waals surface area contributed by atoms with Crippen LogP contribution in [-0.4, -0.2) is 41.0 Å². The molecular weight excluding hydrogens is 344 g/mol. The van der Waals surface area contributed by atoms with Crippen molar-refractivity contribution >= 4 is 28.7 Å². The van der Waals surface area contributed by atoms with E-state index >= 15 is 0 Å². The Morgan fingerprint density at radius 3 is 2.63 bits per heavy atom. The highest BCUT2D eigenvalue weighted by Gasteiger charge is 2.45. The van der Waals surface area contributed by atoms with E-state index < -0.39 is 17.0 Å². The van der Waals surface area contributed by atoms with Crippen molar-refractivity contribution in [3.63, 3.8) is 0 Å². The van der Waals surface area contributed by atoms with Crippen LogP contribution < -0.4 is 11.5 Å². The standard InChI is InChI=1S/C20H20N4O3/c21-5-3-11-9-23-13-1-2-15(25)19(18(11)13)20(4-6-22)10-24-14-8-17(27)16(26)7-12(14)20/h1-2,7-10,23,25H,3-6,21-22H2. The van der Waals surface area contributed by atoms with Gasteiger partial charge in [0.1, 0.15) is 5.75 Å². The summed E-state index contributed by atoms with van der Waals surface area (Å²) >= 11 is 0. The van der Waals surface area contributed by atoms with Gasteiger partial charge < -0.3 is 21.6 Å². The van der Waals surface area contributed by atoms with Crippen molar-refractivity contribution in [1.29, 1.82) is 0 Å². The molecule has 1 atom stereocenters. The molecule has 1 aromatic carbocycles. The van der Waals surface area contributed by atoms with Gasteiger partial charge in [-0.2, -0.15) is 0 Å². The molecule has 2 aromatic rings. The SMILES string of the molecule is NCCc1c[nH]c2ccc(O)c(C3(CCN)C=NC4=CC(=O)C(=O)C=C43)c12. The summed E-state index contributed by atoms with van der Waals surface area (Å²) in [5, 5.41) is 11.7. The summed E-state index contributed by atoms with van der Waals surface area (Å²) in [5.41, 5.74) is 14.3. The van der Waals surface area contributed by atoms with Gasteiger partial charge in [-0.3, -0.25) is 14.6 Å². The second-order valence-electron chi connectivity index (χ2n) is 6.82. The fraction of sp³-hybridized carbons (Fsp3) is 0.250. The maximum absolute atomic E-state index is 12.1. The van der Waals surface area contributed by atoms with Crippen LogP contribution in [0, 0.1) is 0 Å². The summed E-state index contributed by atoms with van der Waals surface area (Å²) in [7, 11) is 0. The maximum Gasteiger partial charge on any atom is 0.227 e. The lowest BCUT2D eigenvalue weighted by molar-refractivity contribution is -0.131. The summed E-state index contributed by atoms with van der Waals surface area (Å²) in [4.78, 5) is 31.5. The molecule has 138 valence electrons. The van der Waals surface area contributed by atoms with Crippen LogP contribution in [-0.2, 0) is 21.4 Å². The molecule has 0 saturated carbocycles. The molecule has 1 aliphatic carbocycles. The normalized spacial score (nSPS) is 21.6. The Morgan fingerprint density at radius 1 is 1.11 bits per heavy atom. The topological polar surface area (TPSA) is 135 Å². The lowest BCUT2D eigenvalue weighted by Crippen LogP contribution is -2.33. The molecule has 6 N–H and O–H groups in total. The summed E-state index contributed by atoms with van der Waals surface area (Å²) in [6.07, 6.45) is 7.21. The van der Waals surface area contributed by atoms with Crippen LogP contribution in [0.5, 0.6) is 5.75 Å². The Balaban J connectivity index is 2.04. The van der Waals surface area contributed by atoms with Gasteiger partial charge in [0.2, 0.25) is 11.6 Å². The average molecular weight is 364 g/mol. The first-order chi connectivity index (χ1) is 13.0. The number of benzene rings is 1. The number of H-pyrrole nitrogens is 1. The fourth-order valence-electron chi connectivity index (χ4n) is 4.10. The van der Waals surface area contributed by atoms with Crippen LogP contribution in [0.3, 0.4) is 0 Å². The largest absolute Gasteiger partial charge is 0.508 e. The second-order valence-corrected chi connectivity index (χ2v) is 6.82. The zero-order valence-electron chi connectivity index (χ0n) is 14.7. The number of phenols is 1. The Labute approximate surface area is 155 Å². The van der Waals surface area contributed by atoms with E-state index in [2.05, 4.69) is 9.98 Å². The number of hydrogen-bond donors (Lipinski definition) is 4. The van der Waals surface area contributed by atoms with Crippen LogP contribution in [0.15, 0.2) is 46.7 Å². The van der Waals surface area contributed by atoms with E-state index in [1.807, 2.05) is 6.20 Å². The third kappa shape index (κ3) is 2.47. The number of phenolic OH excluding ortho intramolecular Hbond substituents is 1. The lowest BCUT2D eigenvalue weighted by atomic mass is 9.70. The average Bonchev–Trinajstić information content (AvgIpc) is 3.19. The van der Waals surface area contributed by atoms with Gasteiger partial charge in [0.15, 0.2) is 0 Å². The quantitative estimate of drug-likeness (QED) is 0.464. The van der Waals surface area contributed by atoms with E-state index in [-0.39, 0.29) is 5.75 Å². The summed E-state index contributed by atoms with van der Waals surface area (Å²) in [5.74, 6) is -1.10. The van der Waals surface area contributed by atoms with Gasteiger partial charge in [0.05, 0.1) is 11.1 Å². The molecule has 0 fully saturated rings. The minimum atomic E-state index is -0.883.